The van der Waals surface area contributed by atoms with Gasteiger partial charge in [0.1, 0.15) is 17.8 Å². The molecule has 2 aromatic carbocycles. The van der Waals surface area contributed by atoms with Gasteiger partial charge in [0, 0.05) is 19.7 Å². The van der Waals surface area contributed by atoms with E-state index in [1.807, 2.05) is 54.6 Å². The molecule has 3 saturated heterocycles. The van der Waals surface area contributed by atoms with E-state index in [-0.39, 0.29) is 17.9 Å². The van der Waals surface area contributed by atoms with Gasteiger partial charge in [-0.15, -0.1) is 0 Å². The lowest BCUT2D eigenvalue weighted by Gasteiger charge is -2.49. The number of unbranched alkanes of at least 4 members (excludes halogenated alkanes) is 1. The third-order valence-electron chi connectivity index (χ3n) is 6.67. The fourth-order valence-electron chi connectivity index (χ4n) is 4.85. The van der Waals surface area contributed by atoms with Crippen molar-refractivity contribution < 1.29 is 19.1 Å². The lowest BCUT2D eigenvalue weighted by atomic mass is 9.88. The molecular formula is C27H34N2O4. The van der Waals surface area contributed by atoms with Crippen LogP contribution >= 0.6 is 0 Å². The number of carbonyl (C=O) groups is 2. The standard InChI is InChI=1S/C27H34N2O4/c1-3-4-17-33-24-12-8-11-23-26(30)29(19-21-13-15-22(32-2)16-14-21)25(24)27(31)28(23)18-20-9-6-5-7-10-20/h5-7,9-10,13-16,23-25H,3-4,8,11-12,17-19H2,1-2H3/t23-,24+,25-/m0/s1. The number of carbonyl (C=O) groups excluding carboxylic acids is 2. The Balaban J connectivity index is 1.64. The molecule has 0 N–H and O–H groups in total. The molecule has 2 amide bonds. The molecule has 3 aliphatic rings. The number of fused-ring (bicyclic) bond motifs is 5. The summed E-state index contributed by atoms with van der Waals surface area (Å²) in [4.78, 5) is 31.2. The van der Waals surface area contributed by atoms with E-state index in [1.165, 1.54) is 0 Å². The zero-order chi connectivity index (χ0) is 23.2. The van der Waals surface area contributed by atoms with Gasteiger partial charge in [-0.25, -0.2) is 0 Å². The predicted molar refractivity (Wildman–Crippen MR) is 127 cm³/mol. The average Bonchev–Trinajstić information content (AvgIpc) is 2.83. The van der Waals surface area contributed by atoms with Gasteiger partial charge in [0.05, 0.1) is 13.2 Å². The van der Waals surface area contributed by atoms with E-state index in [1.54, 1.807) is 16.9 Å². The van der Waals surface area contributed by atoms with Gasteiger partial charge in [-0.3, -0.25) is 9.59 Å². The van der Waals surface area contributed by atoms with Crippen molar-refractivity contribution in [2.45, 2.75) is 70.3 Å². The minimum absolute atomic E-state index is 0.00170. The van der Waals surface area contributed by atoms with E-state index in [4.69, 9.17) is 9.47 Å². The van der Waals surface area contributed by atoms with Crippen LogP contribution in [0.25, 0.3) is 0 Å². The molecule has 0 spiro atoms. The van der Waals surface area contributed by atoms with Crippen LogP contribution in [-0.2, 0) is 27.4 Å². The number of ether oxygens (including phenoxy) is 2. The van der Waals surface area contributed by atoms with Gasteiger partial charge >= 0.3 is 0 Å². The Bertz CT molecular complexity index is 931. The van der Waals surface area contributed by atoms with Crippen LogP contribution in [-0.4, -0.2) is 53.5 Å². The minimum atomic E-state index is -0.600. The molecule has 0 saturated carbocycles. The Labute approximate surface area is 196 Å². The van der Waals surface area contributed by atoms with Crippen molar-refractivity contribution in [3.05, 3.63) is 65.7 Å². The van der Waals surface area contributed by atoms with Crippen LogP contribution in [0.1, 0.15) is 50.2 Å². The molecule has 33 heavy (non-hydrogen) atoms. The van der Waals surface area contributed by atoms with E-state index < -0.39 is 12.1 Å². The third-order valence-corrected chi connectivity index (χ3v) is 6.67. The molecule has 0 aliphatic carbocycles. The number of hydrogen-bond donors (Lipinski definition) is 0. The smallest absolute Gasteiger partial charge is 0.249 e. The lowest BCUT2D eigenvalue weighted by molar-refractivity contribution is -0.174. The van der Waals surface area contributed by atoms with Crippen LogP contribution in [0, 0.1) is 0 Å². The minimum Gasteiger partial charge on any atom is -0.497 e. The summed E-state index contributed by atoms with van der Waals surface area (Å²) < 4.78 is 11.5. The second-order valence-electron chi connectivity index (χ2n) is 8.92. The Morgan fingerprint density at radius 1 is 0.879 bits per heavy atom. The van der Waals surface area contributed by atoms with Gasteiger partial charge in [-0.05, 0) is 48.9 Å². The Kier molecular flexibility index (Phi) is 7.65. The number of hydrogen-bond acceptors (Lipinski definition) is 4. The normalized spacial score (nSPS) is 22.9. The van der Waals surface area contributed by atoms with Gasteiger partial charge in [0.25, 0.3) is 0 Å². The highest BCUT2D eigenvalue weighted by atomic mass is 16.5. The Morgan fingerprint density at radius 3 is 2.27 bits per heavy atom. The molecule has 5 rings (SSSR count). The van der Waals surface area contributed by atoms with Gasteiger partial charge in [-0.2, -0.15) is 0 Å². The van der Waals surface area contributed by atoms with Crippen molar-refractivity contribution in [1.29, 1.82) is 0 Å². The number of rotatable bonds is 9. The number of benzene rings is 2. The quantitative estimate of drug-likeness (QED) is 0.538. The maximum atomic E-state index is 13.9. The van der Waals surface area contributed by atoms with Gasteiger partial charge < -0.3 is 19.3 Å². The zero-order valence-electron chi connectivity index (χ0n) is 19.6. The van der Waals surface area contributed by atoms with Crippen molar-refractivity contribution in [2.24, 2.45) is 0 Å². The summed E-state index contributed by atoms with van der Waals surface area (Å²) in [6, 6.07) is 16.6. The summed E-state index contributed by atoms with van der Waals surface area (Å²) in [5, 5.41) is 0. The molecule has 6 heteroatoms. The number of amides is 2. The highest BCUT2D eigenvalue weighted by Crippen LogP contribution is 2.33. The molecule has 0 aromatic heterocycles. The maximum Gasteiger partial charge on any atom is 0.249 e. The monoisotopic (exact) mass is 450 g/mol. The molecule has 3 heterocycles. The molecule has 2 bridgehead atoms. The van der Waals surface area contributed by atoms with Crippen LogP contribution in [0.5, 0.6) is 5.75 Å². The summed E-state index contributed by atoms with van der Waals surface area (Å²) in [5.41, 5.74) is 2.01. The summed E-state index contributed by atoms with van der Waals surface area (Å²) >= 11 is 0. The molecule has 3 aliphatic heterocycles. The second kappa shape index (κ2) is 10.8. The topological polar surface area (TPSA) is 59.1 Å². The molecule has 3 fully saturated rings. The zero-order valence-corrected chi connectivity index (χ0v) is 19.6. The van der Waals surface area contributed by atoms with Crippen molar-refractivity contribution in [3.63, 3.8) is 0 Å². The number of piperazine rings is 1. The van der Waals surface area contributed by atoms with Crippen molar-refractivity contribution >= 4 is 11.8 Å². The van der Waals surface area contributed by atoms with E-state index in [0.717, 1.165) is 42.6 Å². The first-order valence-electron chi connectivity index (χ1n) is 12.0. The van der Waals surface area contributed by atoms with E-state index >= 15 is 0 Å². The van der Waals surface area contributed by atoms with Crippen LogP contribution in [0.2, 0.25) is 0 Å². The first kappa shape index (κ1) is 23.3. The maximum absolute atomic E-state index is 13.9. The first-order chi connectivity index (χ1) is 16.1. The van der Waals surface area contributed by atoms with Gasteiger partial charge in [0.2, 0.25) is 11.8 Å². The number of methoxy groups -OCH3 is 1. The summed E-state index contributed by atoms with van der Waals surface area (Å²) in [6.07, 6.45) is 4.02. The molecule has 0 unspecified atom stereocenters. The Morgan fingerprint density at radius 2 is 1.58 bits per heavy atom. The third kappa shape index (κ3) is 5.22. The van der Waals surface area contributed by atoms with Gasteiger partial charge in [-0.1, -0.05) is 55.8 Å². The molecule has 2 aromatic rings. The van der Waals surface area contributed by atoms with Crippen LogP contribution in [0.15, 0.2) is 54.6 Å². The second-order valence-corrected chi connectivity index (χ2v) is 8.92. The molecule has 3 atom stereocenters. The summed E-state index contributed by atoms with van der Waals surface area (Å²) in [7, 11) is 1.63. The lowest BCUT2D eigenvalue weighted by Crippen LogP contribution is -2.68. The summed E-state index contributed by atoms with van der Waals surface area (Å²) in [5.74, 6) is 0.790. The van der Waals surface area contributed by atoms with Crippen LogP contribution in [0.4, 0.5) is 0 Å². The highest BCUT2D eigenvalue weighted by molar-refractivity contribution is 5.97. The number of nitrogens with zero attached hydrogens (tertiary/aromatic N) is 2. The predicted octanol–water partition coefficient (Wildman–Crippen LogP) is 4.17. The van der Waals surface area contributed by atoms with Crippen molar-refractivity contribution in [1.82, 2.24) is 9.80 Å². The van der Waals surface area contributed by atoms with E-state index in [0.29, 0.717) is 26.1 Å². The Hall–Kier alpha value is -2.86. The average molecular weight is 451 g/mol. The highest BCUT2D eigenvalue weighted by Gasteiger charge is 2.50. The van der Waals surface area contributed by atoms with E-state index in [9.17, 15) is 9.59 Å². The molecule has 6 nitrogen and oxygen atoms in total. The van der Waals surface area contributed by atoms with Crippen LogP contribution in [0.3, 0.4) is 0 Å². The SMILES string of the molecule is CCCCO[C@@H]1CCC[C@H]2C(=O)N(Cc3ccc(OC)cc3)[C@@H]1C(=O)N2Cc1ccccc1. The molecular weight excluding hydrogens is 416 g/mol. The largest absolute Gasteiger partial charge is 0.497 e. The first-order valence-corrected chi connectivity index (χ1v) is 12.0. The fraction of sp³-hybridized carbons (Fsp3) is 0.481. The molecule has 176 valence electrons. The van der Waals surface area contributed by atoms with Gasteiger partial charge in [0.15, 0.2) is 0 Å². The van der Waals surface area contributed by atoms with E-state index in [2.05, 4.69) is 6.92 Å². The van der Waals surface area contributed by atoms with Crippen molar-refractivity contribution in [2.75, 3.05) is 13.7 Å². The fourth-order valence-corrected chi connectivity index (χ4v) is 4.85. The van der Waals surface area contributed by atoms with Crippen molar-refractivity contribution in [3.8, 4) is 5.75 Å². The molecule has 0 radical (unpaired) electrons. The van der Waals surface area contributed by atoms with Crippen LogP contribution < -0.4 is 4.74 Å². The summed E-state index contributed by atoms with van der Waals surface area (Å²) in [6.45, 7) is 3.57.